The van der Waals surface area contributed by atoms with Gasteiger partial charge < -0.3 is 14.8 Å². The average molecular weight is 443 g/mol. The number of hydrogen-bond donors (Lipinski definition) is 1. The summed E-state index contributed by atoms with van der Waals surface area (Å²) in [6, 6.07) is 11.5. The summed E-state index contributed by atoms with van der Waals surface area (Å²) in [6.45, 7) is 0.925. The minimum Gasteiger partial charge on any atom is -0.486 e. The zero-order valence-electron chi connectivity index (χ0n) is 17.0. The van der Waals surface area contributed by atoms with Crippen LogP contribution in [-0.2, 0) is 19.0 Å². The van der Waals surface area contributed by atoms with Crippen molar-refractivity contribution in [2.75, 3.05) is 18.5 Å². The molecule has 1 aliphatic carbocycles. The van der Waals surface area contributed by atoms with Gasteiger partial charge in [0.05, 0.1) is 5.69 Å². The summed E-state index contributed by atoms with van der Waals surface area (Å²) in [7, 11) is 0. The molecule has 0 atom stereocenters. The summed E-state index contributed by atoms with van der Waals surface area (Å²) in [5.41, 5.74) is 1.49. The molecular weight excluding hydrogens is 423 g/mol. The summed E-state index contributed by atoms with van der Waals surface area (Å²) in [5, 5.41) is 6.68. The molecular formula is C23H20F3N3O3. The van der Waals surface area contributed by atoms with Gasteiger partial charge in [0, 0.05) is 28.6 Å². The lowest BCUT2D eigenvalue weighted by atomic mass is 9.95. The van der Waals surface area contributed by atoms with Crippen molar-refractivity contribution in [1.29, 1.82) is 0 Å². The molecule has 1 aliphatic heterocycles. The van der Waals surface area contributed by atoms with Crippen LogP contribution in [0.1, 0.15) is 40.2 Å². The first-order valence-corrected chi connectivity index (χ1v) is 10.4. The van der Waals surface area contributed by atoms with Gasteiger partial charge in [-0.3, -0.25) is 4.79 Å². The Morgan fingerprint density at radius 1 is 0.969 bits per heavy atom. The van der Waals surface area contributed by atoms with E-state index in [0.717, 1.165) is 12.8 Å². The fourth-order valence-corrected chi connectivity index (χ4v) is 4.12. The van der Waals surface area contributed by atoms with Gasteiger partial charge in [-0.25, -0.2) is 4.68 Å². The molecule has 1 aromatic heterocycles. The molecule has 2 aliphatic rings. The Bertz CT molecular complexity index is 1170. The van der Waals surface area contributed by atoms with Gasteiger partial charge in [0.1, 0.15) is 13.2 Å². The van der Waals surface area contributed by atoms with Crippen LogP contribution in [0.3, 0.4) is 0 Å². The summed E-state index contributed by atoms with van der Waals surface area (Å²) in [4.78, 5) is 12.6. The number of benzene rings is 2. The second-order valence-corrected chi connectivity index (χ2v) is 7.75. The zero-order valence-corrected chi connectivity index (χ0v) is 17.0. The number of rotatable bonds is 3. The van der Waals surface area contributed by atoms with Crippen molar-refractivity contribution in [3.8, 4) is 17.2 Å². The smallest absolute Gasteiger partial charge is 0.435 e. The lowest BCUT2D eigenvalue weighted by molar-refractivity contribution is -0.142. The number of ether oxygens (including phenoxy) is 2. The predicted octanol–water partition coefficient (Wildman–Crippen LogP) is 4.79. The maximum Gasteiger partial charge on any atom is 0.435 e. The molecule has 1 amide bonds. The maximum absolute atomic E-state index is 13.4. The van der Waals surface area contributed by atoms with Crippen LogP contribution in [0.5, 0.6) is 11.5 Å². The highest BCUT2D eigenvalue weighted by Gasteiger charge is 2.39. The molecule has 0 radical (unpaired) electrons. The number of amides is 1. The zero-order chi connectivity index (χ0) is 22.3. The molecule has 3 aromatic rings. The van der Waals surface area contributed by atoms with Crippen molar-refractivity contribution in [3.05, 3.63) is 65.0 Å². The molecule has 32 heavy (non-hydrogen) atoms. The number of aromatic nitrogens is 2. The standard InChI is InChI=1S/C23H20F3N3O3/c24-23(25,26)21-17-3-1-2-4-18(17)29(28-21)16-8-5-14(6-9-16)22(30)27-15-7-10-19-20(13-15)32-12-11-31-19/h5-10,13H,1-4,11-12H2,(H,27,30). The van der Waals surface area contributed by atoms with Crippen LogP contribution in [0.4, 0.5) is 18.9 Å². The third-order valence-corrected chi connectivity index (χ3v) is 5.62. The van der Waals surface area contributed by atoms with Crippen LogP contribution in [0.2, 0.25) is 0 Å². The first-order valence-electron chi connectivity index (χ1n) is 10.4. The van der Waals surface area contributed by atoms with Gasteiger partial charge in [-0.15, -0.1) is 0 Å². The molecule has 5 rings (SSSR count). The fraction of sp³-hybridized carbons (Fsp3) is 0.304. The lowest BCUT2D eigenvalue weighted by Crippen LogP contribution is -2.16. The van der Waals surface area contributed by atoms with Crippen molar-refractivity contribution in [1.82, 2.24) is 9.78 Å². The number of anilines is 1. The first-order chi connectivity index (χ1) is 15.4. The van der Waals surface area contributed by atoms with Crippen LogP contribution < -0.4 is 14.8 Å². The molecule has 0 spiro atoms. The average Bonchev–Trinajstić information content (AvgIpc) is 3.19. The van der Waals surface area contributed by atoms with Crippen LogP contribution in [-0.4, -0.2) is 28.9 Å². The molecule has 0 fully saturated rings. The second-order valence-electron chi connectivity index (χ2n) is 7.75. The summed E-state index contributed by atoms with van der Waals surface area (Å²) in [5.74, 6) is 0.847. The quantitative estimate of drug-likeness (QED) is 0.632. The minimum absolute atomic E-state index is 0.282. The highest BCUT2D eigenvalue weighted by molar-refractivity contribution is 6.04. The van der Waals surface area contributed by atoms with Gasteiger partial charge in [0.25, 0.3) is 5.91 Å². The lowest BCUT2D eigenvalue weighted by Gasteiger charge is -2.19. The molecule has 9 heteroatoms. The third kappa shape index (κ3) is 3.79. The van der Waals surface area contributed by atoms with Crippen molar-refractivity contribution in [3.63, 3.8) is 0 Å². The van der Waals surface area contributed by atoms with Crippen LogP contribution in [0.25, 0.3) is 5.69 Å². The number of nitrogens with one attached hydrogen (secondary N) is 1. The van der Waals surface area contributed by atoms with Gasteiger partial charge >= 0.3 is 6.18 Å². The molecule has 0 unspecified atom stereocenters. The van der Waals surface area contributed by atoms with E-state index in [1.54, 1.807) is 42.5 Å². The van der Waals surface area contributed by atoms with E-state index in [2.05, 4.69) is 10.4 Å². The van der Waals surface area contributed by atoms with E-state index in [0.29, 0.717) is 60.2 Å². The fourth-order valence-electron chi connectivity index (χ4n) is 4.12. The Kier molecular flexibility index (Phi) is 5.03. The molecule has 166 valence electrons. The Morgan fingerprint density at radius 2 is 1.69 bits per heavy atom. The second kappa shape index (κ2) is 7.89. The number of carbonyl (C=O) groups excluding carboxylic acids is 1. The molecule has 0 saturated heterocycles. The SMILES string of the molecule is O=C(Nc1ccc2c(c1)OCCO2)c1ccc(-n2nc(C(F)(F)F)c3c2CCCC3)cc1. The molecule has 0 bridgehead atoms. The number of fused-ring (bicyclic) bond motifs is 2. The van der Waals surface area contributed by atoms with Crippen LogP contribution in [0, 0.1) is 0 Å². The van der Waals surface area contributed by atoms with Crippen molar-refractivity contribution < 1.29 is 27.4 Å². The van der Waals surface area contributed by atoms with Gasteiger partial charge in [-0.05, 0) is 62.1 Å². The van der Waals surface area contributed by atoms with E-state index in [1.807, 2.05) is 0 Å². The van der Waals surface area contributed by atoms with Crippen molar-refractivity contribution >= 4 is 11.6 Å². The van der Waals surface area contributed by atoms with Gasteiger partial charge in [-0.2, -0.15) is 18.3 Å². The van der Waals surface area contributed by atoms with E-state index < -0.39 is 11.9 Å². The normalized spacial score (nSPS) is 15.2. The largest absolute Gasteiger partial charge is 0.486 e. The Hall–Kier alpha value is -3.49. The van der Waals surface area contributed by atoms with Crippen LogP contribution >= 0.6 is 0 Å². The third-order valence-electron chi connectivity index (χ3n) is 5.62. The minimum atomic E-state index is -4.49. The summed E-state index contributed by atoms with van der Waals surface area (Å²) < 4.78 is 52.7. The monoisotopic (exact) mass is 443 g/mol. The van der Waals surface area contributed by atoms with Gasteiger partial charge in [-0.1, -0.05) is 0 Å². The van der Waals surface area contributed by atoms with E-state index in [1.165, 1.54) is 4.68 Å². The topological polar surface area (TPSA) is 65.4 Å². The number of alkyl halides is 3. The number of carbonyl (C=O) groups is 1. The highest BCUT2D eigenvalue weighted by Crippen LogP contribution is 2.37. The Balaban J connectivity index is 1.38. The van der Waals surface area contributed by atoms with E-state index in [4.69, 9.17) is 9.47 Å². The van der Waals surface area contributed by atoms with E-state index in [9.17, 15) is 18.0 Å². The number of halogens is 3. The van der Waals surface area contributed by atoms with Gasteiger partial charge in [0.2, 0.25) is 0 Å². The van der Waals surface area contributed by atoms with Crippen LogP contribution in [0.15, 0.2) is 42.5 Å². The molecule has 2 heterocycles. The first kappa shape index (κ1) is 20.4. The number of hydrogen-bond acceptors (Lipinski definition) is 4. The van der Waals surface area contributed by atoms with Crippen molar-refractivity contribution in [2.24, 2.45) is 0 Å². The van der Waals surface area contributed by atoms with E-state index in [-0.39, 0.29) is 11.5 Å². The summed E-state index contributed by atoms with van der Waals surface area (Å²) in [6.07, 6.45) is -2.02. The maximum atomic E-state index is 13.4. The molecule has 1 N–H and O–H groups in total. The predicted molar refractivity (Wildman–Crippen MR) is 111 cm³/mol. The Labute approximate surface area is 181 Å². The number of nitrogens with zero attached hydrogens (tertiary/aromatic N) is 2. The van der Waals surface area contributed by atoms with E-state index >= 15 is 0 Å². The summed E-state index contributed by atoms with van der Waals surface area (Å²) >= 11 is 0. The highest BCUT2D eigenvalue weighted by atomic mass is 19.4. The molecule has 6 nitrogen and oxygen atoms in total. The Morgan fingerprint density at radius 3 is 2.44 bits per heavy atom. The van der Waals surface area contributed by atoms with Crippen molar-refractivity contribution in [2.45, 2.75) is 31.9 Å². The molecule has 0 saturated carbocycles. The van der Waals surface area contributed by atoms with Gasteiger partial charge in [0.15, 0.2) is 17.2 Å². The molecule has 2 aromatic carbocycles.